The molecule has 2 rings (SSSR count). The van der Waals surface area contributed by atoms with Crippen molar-refractivity contribution < 1.29 is 71.1 Å². The summed E-state index contributed by atoms with van der Waals surface area (Å²) < 4.78 is 184. The maximum Gasteiger partial charge on any atom is 0.419 e. The number of nitrogens with one attached hydrogen (secondary N) is 2. The minimum atomic E-state index is -5.46. The molecular formula is C23H14F14N2O2. The Morgan fingerprint density at radius 1 is 0.780 bits per heavy atom. The van der Waals surface area contributed by atoms with Crippen molar-refractivity contribution in [1.29, 1.82) is 0 Å². The largest absolute Gasteiger partial charge is 0.419 e. The molecule has 0 aliphatic carbocycles. The van der Waals surface area contributed by atoms with Crippen molar-refractivity contribution in [1.82, 2.24) is 10.6 Å². The second-order valence-corrected chi connectivity index (χ2v) is 8.10. The highest BCUT2D eigenvalue weighted by Crippen LogP contribution is 2.41. The highest BCUT2D eigenvalue weighted by atomic mass is 19.4. The predicted molar refractivity (Wildman–Crippen MR) is 112 cm³/mol. The third-order valence-corrected chi connectivity index (χ3v) is 5.06. The number of allylic oxidation sites excluding steroid dienone is 1. The average molecular weight is 616 g/mol. The molecule has 0 aliphatic heterocycles. The van der Waals surface area contributed by atoms with Gasteiger partial charge in [-0.25, -0.2) is 8.78 Å². The fourth-order valence-corrected chi connectivity index (χ4v) is 3.22. The van der Waals surface area contributed by atoms with Gasteiger partial charge in [-0.15, -0.1) is 0 Å². The van der Waals surface area contributed by atoms with E-state index in [0.717, 1.165) is 0 Å². The first-order valence-electron chi connectivity index (χ1n) is 10.6. The number of carbonyl (C=O) groups is 2. The van der Waals surface area contributed by atoms with Crippen LogP contribution in [-0.4, -0.2) is 37.3 Å². The van der Waals surface area contributed by atoms with Crippen LogP contribution in [0, 0.1) is 5.82 Å². The lowest BCUT2D eigenvalue weighted by molar-refractivity contribution is -0.141. The van der Waals surface area contributed by atoms with Crippen molar-refractivity contribution in [2.75, 3.05) is 13.1 Å². The van der Waals surface area contributed by atoms with Gasteiger partial charge in [0.05, 0.1) is 23.2 Å². The molecule has 0 saturated heterocycles. The molecule has 0 spiro atoms. The van der Waals surface area contributed by atoms with Crippen molar-refractivity contribution in [3.05, 3.63) is 76.1 Å². The first kappa shape index (κ1) is 33.3. The molecule has 0 fully saturated rings. The molecule has 2 amide bonds. The number of benzene rings is 2. The molecule has 226 valence electrons. The highest BCUT2D eigenvalue weighted by molar-refractivity contribution is 5.98. The zero-order valence-electron chi connectivity index (χ0n) is 19.6. The number of rotatable bonds is 7. The number of halogens is 14. The third-order valence-electron chi connectivity index (χ3n) is 5.06. The third kappa shape index (κ3) is 9.34. The van der Waals surface area contributed by atoms with Crippen LogP contribution in [0.15, 0.2) is 42.5 Å². The van der Waals surface area contributed by atoms with E-state index < -0.39 is 95.0 Å². The Balaban J connectivity index is 2.42. The minimum absolute atomic E-state index is 0.0340. The summed E-state index contributed by atoms with van der Waals surface area (Å²) in [5.74, 6) is -10.3. The van der Waals surface area contributed by atoms with E-state index in [-0.39, 0.29) is 30.3 Å². The Bertz CT molecular complexity index is 1310. The smallest absolute Gasteiger partial charge is 0.345 e. The van der Waals surface area contributed by atoms with E-state index in [1.807, 2.05) is 0 Å². The average Bonchev–Trinajstić information content (AvgIpc) is 2.81. The molecule has 1 unspecified atom stereocenters. The van der Waals surface area contributed by atoms with E-state index in [0.29, 0.717) is 12.1 Å². The Labute approximate surface area is 220 Å². The van der Waals surface area contributed by atoms with Gasteiger partial charge >= 0.3 is 24.7 Å². The Kier molecular flexibility index (Phi) is 9.71. The summed E-state index contributed by atoms with van der Waals surface area (Å²) >= 11 is 0. The lowest BCUT2D eigenvalue weighted by atomic mass is 9.94. The summed E-state index contributed by atoms with van der Waals surface area (Å²) in [5.41, 5.74) is -7.52. The molecule has 0 aliphatic rings. The molecule has 4 nitrogen and oxygen atoms in total. The molecule has 1 atom stereocenters. The molecule has 2 N–H and O–H groups in total. The first-order valence-corrected chi connectivity index (χ1v) is 10.6. The molecule has 0 radical (unpaired) electrons. The maximum absolute atomic E-state index is 14.8. The SMILES string of the molecule is O=C(CNC(=O)c1ccc(/C(F)=C/C(c2ccc(C(F)(F)F)c(F)c2)C(F)(F)F)cc1C(F)(F)F)NCC(F)(F)F. The van der Waals surface area contributed by atoms with Crippen LogP contribution in [0.3, 0.4) is 0 Å². The van der Waals surface area contributed by atoms with E-state index in [4.69, 9.17) is 0 Å². The standard InChI is InChI=1S/C23H14F14N2O2/c24-16(7-14(22(32,33)34)10-2-4-13(17(25)6-10)21(29,30)31)11-1-3-12(15(5-11)23(35,36)37)19(41)38-8-18(40)39-9-20(26,27)28/h1-7,14H,8-9H2,(H,38,41)(H,39,40)/b16-7-. The first-order chi connectivity index (χ1) is 18.5. The zero-order valence-corrected chi connectivity index (χ0v) is 19.6. The molecule has 0 aromatic heterocycles. The minimum Gasteiger partial charge on any atom is -0.345 e. The van der Waals surface area contributed by atoms with Gasteiger partial charge in [-0.2, -0.15) is 52.7 Å². The van der Waals surface area contributed by atoms with Gasteiger partial charge < -0.3 is 10.6 Å². The number of hydrogen-bond donors (Lipinski definition) is 2. The number of hydrogen-bond acceptors (Lipinski definition) is 2. The summed E-state index contributed by atoms with van der Waals surface area (Å²) in [7, 11) is 0. The Morgan fingerprint density at radius 3 is 1.85 bits per heavy atom. The monoisotopic (exact) mass is 616 g/mol. The molecule has 18 heteroatoms. The summed E-state index contributed by atoms with van der Waals surface area (Å²) in [4.78, 5) is 23.5. The lowest BCUT2D eigenvalue weighted by Gasteiger charge is -2.19. The summed E-state index contributed by atoms with van der Waals surface area (Å²) in [6, 6.07) is 0.631. The quantitative estimate of drug-likeness (QED) is 0.332. The van der Waals surface area contributed by atoms with Crippen molar-refractivity contribution in [2.45, 2.75) is 30.6 Å². The fraction of sp³-hybridized carbons (Fsp3) is 0.304. The van der Waals surface area contributed by atoms with E-state index in [9.17, 15) is 71.1 Å². The van der Waals surface area contributed by atoms with Crippen LogP contribution in [0.5, 0.6) is 0 Å². The molecule has 0 saturated carbocycles. The Hall–Kier alpha value is -3.86. The van der Waals surface area contributed by atoms with Gasteiger partial charge in [0.25, 0.3) is 5.91 Å². The number of alkyl halides is 12. The van der Waals surface area contributed by atoms with E-state index >= 15 is 0 Å². The molecule has 0 heterocycles. The predicted octanol–water partition coefficient (Wildman–Crippen LogP) is 6.93. The van der Waals surface area contributed by atoms with E-state index in [2.05, 4.69) is 0 Å². The fourth-order valence-electron chi connectivity index (χ4n) is 3.22. The van der Waals surface area contributed by atoms with Crippen molar-refractivity contribution in [3.8, 4) is 0 Å². The van der Waals surface area contributed by atoms with E-state index in [1.54, 1.807) is 5.32 Å². The second kappa shape index (κ2) is 11.9. The normalized spacial score (nSPS) is 14.0. The van der Waals surface area contributed by atoms with Crippen LogP contribution in [-0.2, 0) is 17.1 Å². The lowest BCUT2D eigenvalue weighted by Crippen LogP contribution is -2.41. The zero-order chi connectivity index (χ0) is 31.6. The van der Waals surface area contributed by atoms with Gasteiger partial charge in [0.15, 0.2) is 0 Å². The van der Waals surface area contributed by atoms with Crippen LogP contribution >= 0.6 is 0 Å². The van der Waals surface area contributed by atoms with E-state index in [1.165, 1.54) is 5.32 Å². The van der Waals surface area contributed by atoms with Gasteiger partial charge in [-0.3, -0.25) is 9.59 Å². The van der Waals surface area contributed by atoms with Gasteiger partial charge in [0.1, 0.15) is 24.1 Å². The topological polar surface area (TPSA) is 58.2 Å². The van der Waals surface area contributed by atoms with Crippen LogP contribution < -0.4 is 10.6 Å². The number of carbonyl (C=O) groups excluding carboxylic acids is 2. The Morgan fingerprint density at radius 2 is 1.37 bits per heavy atom. The summed E-state index contributed by atoms with van der Waals surface area (Å²) in [6.07, 6.45) is -21.3. The van der Waals surface area contributed by atoms with Crippen molar-refractivity contribution in [2.24, 2.45) is 0 Å². The van der Waals surface area contributed by atoms with Crippen LogP contribution in [0.2, 0.25) is 0 Å². The van der Waals surface area contributed by atoms with Crippen molar-refractivity contribution in [3.63, 3.8) is 0 Å². The second-order valence-electron chi connectivity index (χ2n) is 8.10. The highest BCUT2D eigenvalue weighted by Gasteiger charge is 2.42. The van der Waals surface area contributed by atoms with Crippen LogP contribution in [0.1, 0.15) is 38.5 Å². The number of amides is 2. The molecule has 2 aromatic carbocycles. The van der Waals surface area contributed by atoms with Gasteiger partial charge in [0, 0.05) is 5.56 Å². The molecule has 0 bridgehead atoms. The summed E-state index contributed by atoms with van der Waals surface area (Å²) in [6.45, 7) is -3.02. The maximum atomic E-state index is 14.8. The van der Waals surface area contributed by atoms with Gasteiger partial charge in [-0.1, -0.05) is 12.1 Å². The van der Waals surface area contributed by atoms with Crippen LogP contribution in [0.4, 0.5) is 61.5 Å². The van der Waals surface area contributed by atoms with Gasteiger partial charge in [0.2, 0.25) is 5.91 Å². The summed E-state index contributed by atoms with van der Waals surface area (Å²) in [5, 5.41) is 2.93. The van der Waals surface area contributed by atoms with Gasteiger partial charge in [-0.05, 0) is 35.9 Å². The molecular weight excluding hydrogens is 602 g/mol. The van der Waals surface area contributed by atoms with Crippen LogP contribution in [0.25, 0.3) is 5.83 Å². The molecule has 41 heavy (non-hydrogen) atoms. The molecule has 2 aromatic rings. The van der Waals surface area contributed by atoms with Crippen molar-refractivity contribution >= 4 is 17.6 Å².